The minimum atomic E-state index is 0.136. The summed E-state index contributed by atoms with van der Waals surface area (Å²) in [5, 5.41) is 0. The Bertz CT molecular complexity index is 371. The van der Waals surface area contributed by atoms with Crippen molar-refractivity contribution in [1.29, 1.82) is 0 Å². The molecule has 1 aliphatic rings. The highest BCUT2D eigenvalue weighted by atomic mass is 16.1. The second-order valence-corrected chi connectivity index (χ2v) is 3.76. The van der Waals surface area contributed by atoms with E-state index < -0.39 is 0 Å². The highest BCUT2D eigenvalue weighted by molar-refractivity contribution is 5.94. The van der Waals surface area contributed by atoms with E-state index in [1.165, 1.54) is 30.4 Å². The second-order valence-electron chi connectivity index (χ2n) is 3.76. The van der Waals surface area contributed by atoms with Crippen molar-refractivity contribution < 1.29 is 4.79 Å². The first-order chi connectivity index (χ1) is 6.77. The van der Waals surface area contributed by atoms with Gasteiger partial charge < -0.3 is 0 Å². The molecule has 0 atom stereocenters. The summed E-state index contributed by atoms with van der Waals surface area (Å²) in [4.78, 5) is 11.1. The minimum absolute atomic E-state index is 0.136. The molecule has 0 bridgehead atoms. The second kappa shape index (κ2) is 3.79. The molecule has 1 nitrogen and oxygen atoms in total. The van der Waals surface area contributed by atoms with E-state index in [2.05, 4.69) is 6.08 Å². The summed E-state index contributed by atoms with van der Waals surface area (Å²) in [6.07, 6.45) is 5.94. The third-order valence-corrected chi connectivity index (χ3v) is 2.70. The Hall–Kier alpha value is -1.37. The normalized spacial score (nSPS) is 15.4. The Morgan fingerprint density at radius 3 is 2.43 bits per heavy atom. The molecular formula is C13H14O. The Morgan fingerprint density at radius 1 is 1.21 bits per heavy atom. The first-order valence-corrected chi connectivity index (χ1v) is 5.08. The Morgan fingerprint density at radius 2 is 1.93 bits per heavy atom. The van der Waals surface area contributed by atoms with Gasteiger partial charge >= 0.3 is 0 Å². The summed E-state index contributed by atoms with van der Waals surface area (Å²) in [5.74, 6) is 0.136. The summed E-state index contributed by atoms with van der Waals surface area (Å²) in [7, 11) is 0. The Balaban J connectivity index is 2.25. The van der Waals surface area contributed by atoms with Crippen molar-refractivity contribution in [2.24, 2.45) is 0 Å². The number of hydrogen-bond acceptors (Lipinski definition) is 1. The Labute approximate surface area is 84.5 Å². The number of rotatable bonds is 2. The molecule has 72 valence electrons. The van der Waals surface area contributed by atoms with Crippen molar-refractivity contribution >= 4 is 11.4 Å². The summed E-state index contributed by atoms with van der Waals surface area (Å²) in [6, 6.07) is 7.93. The quantitative estimate of drug-likeness (QED) is 0.646. The number of Topliss-reactive ketones (excluding diaryl/α,β-unsaturated/α-hetero) is 1. The van der Waals surface area contributed by atoms with Crippen molar-refractivity contribution in [3.63, 3.8) is 0 Å². The van der Waals surface area contributed by atoms with E-state index in [4.69, 9.17) is 0 Å². The predicted molar refractivity (Wildman–Crippen MR) is 58.3 cm³/mol. The van der Waals surface area contributed by atoms with Gasteiger partial charge in [-0.15, -0.1) is 0 Å². The van der Waals surface area contributed by atoms with Gasteiger partial charge in [0.15, 0.2) is 5.78 Å². The van der Waals surface area contributed by atoms with E-state index in [0.29, 0.717) is 0 Å². The molecular weight excluding hydrogens is 172 g/mol. The lowest BCUT2D eigenvalue weighted by molar-refractivity contribution is 0.101. The van der Waals surface area contributed by atoms with Crippen LogP contribution in [0.25, 0.3) is 5.57 Å². The SMILES string of the molecule is CC(=O)c1ccc(C2=CCCC2)cc1. The van der Waals surface area contributed by atoms with Crippen molar-refractivity contribution in [2.75, 3.05) is 0 Å². The molecule has 0 unspecified atom stereocenters. The van der Waals surface area contributed by atoms with Crippen LogP contribution >= 0.6 is 0 Å². The molecule has 0 saturated carbocycles. The average molecular weight is 186 g/mol. The smallest absolute Gasteiger partial charge is 0.159 e. The van der Waals surface area contributed by atoms with E-state index in [1.807, 2.05) is 24.3 Å². The van der Waals surface area contributed by atoms with Crippen LogP contribution in [0.5, 0.6) is 0 Å². The van der Waals surface area contributed by atoms with Crippen LogP contribution in [0, 0.1) is 0 Å². The van der Waals surface area contributed by atoms with Crippen molar-refractivity contribution in [3.05, 3.63) is 41.5 Å². The zero-order chi connectivity index (χ0) is 9.97. The summed E-state index contributed by atoms with van der Waals surface area (Å²) in [5.41, 5.74) is 3.50. The zero-order valence-electron chi connectivity index (χ0n) is 8.42. The highest BCUT2D eigenvalue weighted by Crippen LogP contribution is 2.27. The molecule has 0 heterocycles. The molecule has 0 aromatic heterocycles. The van der Waals surface area contributed by atoms with Crippen LogP contribution in [0.1, 0.15) is 42.1 Å². The van der Waals surface area contributed by atoms with Gasteiger partial charge in [0.2, 0.25) is 0 Å². The number of hydrogen-bond donors (Lipinski definition) is 0. The summed E-state index contributed by atoms with van der Waals surface area (Å²) in [6.45, 7) is 1.60. The molecule has 0 aliphatic heterocycles. The lowest BCUT2D eigenvalue weighted by atomic mass is 10.0. The molecule has 0 radical (unpaired) electrons. The summed E-state index contributed by atoms with van der Waals surface area (Å²) >= 11 is 0. The van der Waals surface area contributed by atoms with E-state index in [1.54, 1.807) is 6.92 Å². The highest BCUT2D eigenvalue weighted by Gasteiger charge is 2.07. The number of ketones is 1. The number of allylic oxidation sites excluding steroid dienone is 2. The van der Waals surface area contributed by atoms with E-state index in [9.17, 15) is 4.79 Å². The Kier molecular flexibility index (Phi) is 2.49. The van der Waals surface area contributed by atoms with Gasteiger partial charge in [0.05, 0.1) is 0 Å². The van der Waals surface area contributed by atoms with Crippen LogP contribution in [0.3, 0.4) is 0 Å². The first kappa shape index (κ1) is 9.20. The van der Waals surface area contributed by atoms with Gasteiger partial charge in [-0.1, -0.05) is 30.3 Å². The maximum atomic E-state index is 11.1. The molecule has 1 aromatic carbocycles. The number of benzene rings is 1. The van der Waals surface area contributed by atoms with Crippen LogP contribution < -0.4 is 0 Å². The zero-order valence-corrected chi connectivity index (χ0v) is 8.42. The summed E-state index contributed by atoms with van der Waals surface area (Å²) < 4.78 is 0. The van der Waals surface area contributed by atoms with Gasteiger partial charge in [-0.25, -0.2) is 0 Å². The predicted octanol–water partition coefficient (Wildman–Crippen LogP) is 3.46. The monoisotopic (exact) mass is 186 g/mol. The fraction of sp³-hybridized carbons (Fsp3) is 0.308. The van der Waals surface area contributed by atoms with Crippen molar-refractivity contribution in [1.82, 2.24) is 0 Å². The fourth-order valence-corrected chi connectivity index (χ4v) is 1.85. The van der Waals surface area contributed by atoms with Gasteiger partial charge in [0.1, 0.15) is 0 Å². The fourth-order valence-electron chi connectivity index (χ4n) is 1.85. The van der Waals surface area contributed by atoms with Crippen LogP contribution in [0.15, 0.2) is 30.3 Å². The third-order valence-electron chi connectivity index (χ3n) is 2.70. The standard InChI is InChI=1S/C13H14O/c1-10(14)11-6-8-13(9-7-11)12-4-2-3-5-12/h4,6-9H,2-3,5H2,1H3. The molecule has 0 amide bonds. The molecule has 0 spiro atoms. The van der Waals surface area contributed by atoms with Crippen LogP contribution in [0.2, 0.25) is 0 Å². The molecule has 1 heteroatoms. The lowest BCUT2D eigenvalue weighted by Crippen LogP contribution is -1.91. The van der Waals surface area contributed by atoms with Crippen molar-refractivity contribution in [3.8, 4) is 0 Å². The molecule has 0 fully saturated rings. The molecule has 14 heavy (non-hydrogen) atoms. The molecule has 2 rings (SSSR count). The van der Waals surface area contributed by atoms with Gasteiger partial charge in [0, 0.05) is 5.56 Å². The molecule has 1 aliphatic carbocycles. The van der Waals surface area contributed by atoms with E-state index >= 15 is 0 Å². The van der Waals surface area contributed by atoms with Crippen LogP contribution in [0.4, 0.5) is 0 Å². The molecule has 0 N–H and O–H groups in total. The van der Waals surface area contributed by atoms with Gasteiger partial charge in [0.25, 0.3) is 0 Å². The molecule has 1 aromatic rings. The largest absolute Gasteiger partial charge is 0.295 e. The van der Waals surface area contributed by atoms with Crippen LogP contribution in [-0.2, 0) is 0 Å². The molecule has 0 saturated heterocycles. The minimum Gasteiger partial charge on any atom is -0.295 e. The first-order valence-electron chi connectivity index (χ1n) is 5.08. The maximum absolute atomic E-state index is 11.1. The van der Waals surface area contributed by atoms with Crippen molar-refractivity contribution in [2.45, 2.75) is 26.2 Å². The van der Waals surface area contributed by atoms with Crippen LogP contribution in [-0.4, -0.2) is 5.78 Å². The third kappa shape index (κ3) is 1.77. The number of carbonyl (C=O) groups excluding carboxylic acids is 1. The topological polar surface area (TPSA) is 17.1 Å². The average Bonchev–Trinajstić information content (AvgIpc) is 2.71. The number of carbonyl (C=O) groups is 1. The lowest BCUT2D eigenvalue weighted by Gasteiger charge is -2.02. The van der Waals surface area contributed by atoms with E-state index in [-0.39, 0.29) is 5.78 Å². The maximum Gasteiger partial charge on any atom is 0.159 e. The van der Waals surface area contributed by atoms with Gasteiger partial charge in [-0.2, -0.15) is 0 Å². The van der Waals surface area contributed by atoms with Gasteiger partial charge in [-0.3, -0.25) is 4.79 Å². The van der Waals surface area contributed by atoms with E-state index in [0.717, 1.165) is 5.56 Å². The van der Waals surface area contributed by atoms with Gasteiger partial charge in [-0.05, 0) is 37.3 Å².